The molecule has 0 aromatic carbocycles. The molecular weight excluding hydrogens is 260 g/mol. The number of amides is 2. The summed E-state index contributed by atoms with van der Waals surface area (Å²) in [4.78, 5) is 24.1. The lowest BCUT2D eigenvalue weighted by Gasteiger charge is -2.15. The number of urea groups is 1. The van der Waals surface area contributed by atoms with Gasteiger partial charge in [-0.05, 0) is 0 Å². The molecule has 0 atom stereocenters. The summed E-state index contributed by atoms with van der Waals surface area (Å²) in [6.07, 6.45) is 1.66. The molecule has 1 aliphatic rings. The van der Waals surface area contributed by atoms with Gasteiger partial charge >= 0.3 is 6.03 Å². The van der Waals surface area contributed by atoms with Crippen LogP contribution >= 0.6 is 0 Å². The van der Waals surface area contributed by atoms with Crippen LogP contribution in [0.15, 0.2) is 6.20 Å². The number of nitrogens with two attached hydrogens (primary N) is 1. The van der Waals surface area contributed by atoms with E-state index in [-0.39, 0.29) is 6.03 Å². The van der Waals surface area contributed by atoms with Crippen LogP contribution in [-0.2, 0) is 13.6 Å². The van der Waals surface area contributed by atoms with Crippen LogP contribution in [0.4, 0.5) is 10.6 Å². The molecule has 20 heavy (non-hydrogen) atoms. The van der Waals surface area contributed by atoms with E-state index in [0.717, 1.165) is 11.9 Å². The fourth-order valence-electron chi connectivity index (χ4n) is 2.27. The van der Waals surface area contributed by atoms with E-state index in [1.54, 1.807) is 34.8 Å². The third kappa shape index (κ3) is 1.92. The van der Waals surface area contributed by atoms with Crippen molar-refractivity contribution in [3.05, 3.63) is 12.0 Å². The average molecular weight is 276 g/mol. The maximum absolute atomic E-state index is 11.9. The second kappa shape index (κ2) is 4.60. The van der Waals surface area contributed by atoms with Crippen LogP contribution in [0.3, 0.4) is 0 Å². The number of carbonyl (C=O) groups excluding carboxylic acids is 1. The van der Waals surface area contributed by atoms with Gasteiger partial charge in [-0.25, -0.2) is 20.6 Å². The quantitative estimate of drug-likeness (QED) is 0.579. The van der Waals surface area contributed by atoms with Crippen LogP contribution in [0.1, 0.15) is 5.82 Å². The molecule has 1 saturated heterocycles. The Morgan fingerprint density at radius 1 is 1.35 bits per heavy atom. The van der Waals surface area contributed by atoms with E-state index >= 15 is 0 Å². The topological polar surface area (TPSA) is 105 Å². The van der Waals surface area contributed by atoms with Gasteiger partial charge in [0.15, 0.2) is 17.3 Å². The number of likely N-dealkylation sites (N-methyl/N-ethyl adjacent to an activating group) is 1. The highest BCUT2D eigenvalue weighted by Crippen LogP contribution is 2.19. The zero-order valence-electron chi connectivity index (χ0n) is 11.4. The Balaban J connectivity index is 1.95. The van der Waals surface area contributed by atoms with Crippen molar-refractivity contribution < 1.29 is 4.79 Å². The number of carbonyl (C=O) groups is 1. The van der Waals surface area contributed by atoms with Gasteiger partial charge in [-0.3, -0.25) is 4.68 Å². The lowest BCUT2D eigenvalue weighted by atomic mass is 10.4. The summed E-state index contributed by atoms with van der Waals surface area (Å²) in [5.74, 6) is 6.54. The summed E-state index contributed by atoms with van der Waals surface area (Å²) in [6.45, 7) is 1.75. The van der Waals surface area contributed by atoms with Gasteiger partial charge in [0, 0.05) is 27.2 Å². The Labute approximate surface area is 115 Å². The van der Waals surface area contributed by atoms with Gasteiger partial charge < -0.3 is 15.2 Å². The van der Waals surface area contributed by atoms with E-state index in [1.165, 1.54) is 0 Å². The summed E-state index contributed by atoms with van der Waals surface area (Å²) < 4.78 is 1.65. The van der Waals surface area contributed by atoms with Crippen molar-refractivity contribution >= 4 is 22.9 Å². The number of hydrogen-bond donors (Lipinski definition) is 2. The molecule has 3 heterocycles. The largest absolute Gasteiger partial charge is 0.326 e. The zero-order chi connectivity index (χ0) is 14.3. The van der Waals surface area contributed by atoms with E-state index in [1.807, 2.05) is 0 Å². The Morgan fingerprint density at radius 3 is 2.80 bits per heavy atom. The molecule has 106 valence electrons. The number of nitrogens with zero attached hydrogens (tertiary/aromatic N) is 6. The van der Waals surface area contributed by atoms with E-state index in [0.29, 0.717) is 30.4 Å². The normalized spacial score (nSPS) is 15.4. The van der Waals surface area contributed by atoms with Gasteiger partial charge in [0.05, 0.1) is 18.1 Å². The summed E-state index contributed by atoms with van der Waals surface area (Å²) in [5, 5.41) is 4.89. The maximum Gasteiger partial charge on any atom is 0.320 e. The Bertz CT molecular complexity index is 666. The van der Waals surface area contributed by atoms with Crippen LogP contribution in [-0.4, -0.2) is 55.7 Å². The van der Waals surface area contributed by atoms with Crippen molar-refractivity contribution in [1.29, 1.82) is 0 Å². The predicted molar refractivity (Wildman–Crippen MR) is 72.6 cm³/mol. The first kappa shape index (κ1) is 12.6. The minimum Gasteiger partial charge on any atom is -0.326 e. The molecule has 0 spiro atoms. The molecular formula is C11H16N8O. The summed E-state index contributed by atoms with van der Waals surface area (Å²) in [5.41, 5.74) is 3.23. The third-order valence-electron chi connectivity index (χ3n) is 3.41. The first-order valence-electron chi connectivity index (χ1n) is 6.25. The van der Waals surface area contributed by atoms with E-state index in [9.17, 15) is 4.79 Å². The van der Waals surface area contributed by atoms with Crippen molar-refractivity contribution in [1.82, 2.24) is 29.5 Å². The average Bonchev–Trinajstić information content (AvgIpc) is 2.96. The molecule has 0 unspecified atom stereocenters. The van der Waals surface area contributed by atoms with Crippen LogP contribution < -0.4 is 11.3 Å². The second-order valence-corrected chi connectivity index (χ2v) is 4.76. The molecule has 2 amide bonds. The molecule has 9 heteroatoms. The van der Waals surface area contributed by atoms with E-state index in [2.05, 4.69) is 20.5 Å². The molecule has 1 aliphatic heterocycles. The van der Waals surface area contributed by atoms with Crippen LogP contribution in [0.5, 0.6) is 0 Å². The Hall–Kier alpha value is -2.42. The summed E-state index contributed by atoms with van der Waals surface area (Å²) >= 11 is 0. The monoisotopic (exact) mass is 276 g/mol. The van der Waals surface area contributed by atoms with Crippen LogP contribution in [0.25, 0.3) is 11.0 Å². The highest BCUT2D eigenvalue weighted by Gasteiger charge is 2.26. The van der Waals surface area contributed by atoms with Crippen molar-refractivity contribution in [3.63, 3.8) is 0 Å². The fraction of sp³-hybridized carbons (Fsp3) is 0.455. The van der Waals surface area contributed by atoms with Crippen molar-refractivity contribution in [2.24, 2.45) is 12.9 Å². The first-order chi connectivity index (χ1) is 9.60. The lowest BCUT2D eigenvalue weighted by molar-refractivity contribution is 0.196. The molecule has 9 nitrogen and oxygen atoms in total. The highest BCUT2D eigenvalue weighted by atomic mass is 16.2. The number of rotatable bonds is 3. The molecule has 3 N–H and O–H groups in total. The Morgan fingerprint density at radius 2 is 2.15 bits per heavy atom. The molecule has 2 aromatic heterocycles. The number of hydrogen-bond acceptors (Lipinski definition) is 6. The van der Waals surface area contributed by atoms with Gasteiger partial charge in [-0.1, -0.05) is 0 Å². The zero-order valence-corrected chi connectivity index (χ0v) is 11.4. The Kier molecular flexibility index (Phi) is 2.90. The molecule has 2 aromatic rings. The van der Waals surface area contributed by atoms with Crippen molar-refractivity contribution in [3.8, 4) is 0 Å². The molecule has 0 radical (unpaired) electrons. The molecule has 0 aliphatic carbocycles. The first-order valence-corrected chi connectivity index (χ1v) is 6.25. The van der Waals surface area contributed by atoms with E-state index in [4.69, 9.17) is 5.84 Å². The van der Waals surface area contributed by atoms with Crippen molar-refractivity contribution in [2.45, 2.75) is 6.54 Å². The number of hydrazine groups is 1. The minimum atomic E-state index is -0.0130. The minimum absolute atomic E-state index is 0.0130. The lowest BCUT2D eigenvalue weighted by Crippen LogP contribution is -2.29. The standard InChI is InChI=1S/C11H16N8O/c1-17-3-4-19(11(17)20)6-8-14-9(16-12)7-5-13-18(2)10(7)15-8/h5H,3-4,6,12H2,1-2H3,(H,14,15,16). The SMILES string of the molecule is CN1CCN(Cc2nc(NN)c3cnn(C)c3n2)C1=O. The molecule has 0 bridgehead atoms. The fourth-order valence-corrected chi connectivity index (χ4v) is 2.27. The van der Waals surface area contributed by atoms with E-state index < -0.39 is 0 Å². The number of nitrogen functional groups attached to an aromatic ring is 1. The molecule has 0 saturated carbocycles. The molecule has 1 fully saturated rings. The number of aromatic nitrogens is 4. The van der Waals surface area contributed by atoms with Gasteiger partial charge in [0.2, 0.25) is 0 Å². The second-order valence-electron chi connectivity index (χ2n) is 4.76. The van der Waals surface area contributed by atoms with Gasteiger partial charge in [-0.2, -0.15) is 5.10 Å². The summed E-state index contributed by atoms with van der Waals surface area (Å²) in [7, 11) is 3.58. The van der Waals surface area contributed by atoms with Gasteiger partial charge in [0.1, 0.15) is 0 Å². The van der Waals surface area contributed by atoms with Crippen LogP contribution in [0.2, 0.25) is 0 Å². The predicted octanol–water partition coefficient (Wildman–Crippen LogP) is -0.484. The number of anilines is 1. The summed E-state index contributed by atoms with van der Waals surface area (Å²) in [6, 6.07) is -0.0130. The number of aryl methyl sites for hydroxylation is 1. The third-order valence-corrected chi connectivity index (χ3v) is 3.41. The smallest absolute Gasteiger partial charge is 0.320 e. The van der Waals surface area contributed by atoms with Gasteiger partial charge in [0.25, 0.3) is 0 Å². The molecule has 3 rings (SSSR count). The number of nitrogens with one attached hydrogen (secondary N) is 1. The van der Waals surface area contributed by atoms with Gasteiger partial charge in [-0.15, -0.1) is 0 Å². The number of fused-ring (bicyclic) bond motifs is 1. The van der Waals surface area contributed by atoms with Crippen molar-refractivity contribution in [2.75, 3.05) is 25.6 Å². The highest BCUT2D eigenvalue weighted by molar-refractivity contribution is 5.86. The maximum atomic E-state index is 11.9. The van der Waals surface area contributed by atoms with Crippen LogP contribution in [0, 0.1) is 0 Å².